The van der Waals surface area contributed by atoms with Crippen LogP contribution in [0.1, 0.15) is 31.2 Å². The van der Waals surface area contributed by atoms with E-state index in [1.807, 2.05) is 68.4 Å². The summed E-state index contributed by atoms with van der Waals surface area (Å²) >= 11 is 0. The van der Waals surface area contributed by atoms with Gasteiger partial charge in [-0.05, 0) is 32.0 Å². The van der Waals surface area contributed by atoms with Crippen molar-refractivity contribution in [2.45, 2.75) is 26.4 Å². The highest BCUT2D eigenvalue weighted by atomic mass is 16.5. The van der Waals surface area contributed by atoms with Gasteiger partial charge < -0.3 is 14.6 Å². The van der Waals surface area contributed by atoms with Crippen molar-refractivity contribution < 1.29 is 14.6 Å². The van der Waals surface area contributed by atoms with Crippen LogP contribution < -0.4 is 4.74 Å². The van der Waals surface area contributed by atoms with Gasteiger partial charge in [0, 0.05) is 31.4 Å². The third kappa shape index (κ3) is 6.31. The Balaban J connectivity index is 0.000000431. The molecule has 138 valence electrons. The molecule has 0 bridgehead atoms. The predicted octanol–water partition coefficient (Wildman–Crippen LogP) is 3.92. The SMILES string of the molecule is CCOCC.OC(Cc1c[nH]nn1)c1ccccc1Oc1ccccc1. The highest BCUT2D eigenvalue weighted by Gasteiger charge is 2.15. The van der Waals surface area contributed by atoms with E-state index in [4.69, 9.17) is 9.47 Å². The van der Waals surface area contributed by atoms with E-state index in [1.165, 1.54) is 0 Å². The third-order valence-corrected chi connectivity index (χ3v) is 3.53. The summed E-state index contributed by atoms with van der Waals surface area (Å²) in [6.45, 7) is 5.67. The molecule has 0 saturated heterocycles. The van der Waals surface area contributed by atoms with Crippen LogP contribution in [0.25, 0.3) is 0 Å². The van der Waals surface area contributed by atoms with Gasteiger partial charge in [0.05, 0.1) is 11.8 Å². The van der Waals surface area contributed by atoms with Crippen LogP contribution in [0.15, 0.2) is 60.8 Å². The van der Waals surface area contributed by atoms with E-state index >= 15 is 0 Å². The number of aromatic nitrogens is 3. The second kappa shape index (κ2) is 11.0. The number of aliphatic hydroxyl groups is 1. The quantitative estimate of drug-likeness (QED) is 0.671. The largest absolute Gasteiger partial charge is 0.457 e. The minimum absolute atomic E-state index is 0.381. The number of para-hydroxylation sites is 2. The molecule has 26 heavy (non-hydrogen) atoms. The van der Waals surface area contributed by atoms with Crippen molar-refractivity contribution in [3.63, 3.8) is 0 Å². The molecule has 3 rings (SSSR count). The summed E-state index contributed by atoms with van der Waals surface area (Å²) in [5.74, 6) is 1.37. The minimum Gasteiger partial charge on any atom is -0.457 e. The second-order valence-corrected chi connectivity index (χ2v) is 5.42. The summed E-state index contributed by atoms with van der Waals surface area (Å²) in [7, 11) is 0. The number of nitrogens with one attached hydrogen (secondary N) is 1. The Kier molecular flexibility index (Phi) is 8.32. The average molecular weight is 355 g/mol. The lowest BCUT2D eigenvalue weighted by Crippen LogP contribution is -2.04. The number of benzene rings is 2. The van der Waals surface area contributed by atoms with Crippen molar-refractivity contribution in [1.82, 2.24) is 15.4 Å². The molecule has 6 heteroatoms. The first-order valence-electron chi connectivity index (χ1n) is 8.67. The van der Waals surface area contributed by atoms with Gasteiger partial charge in [-0.1, -0.05) is 41.6 Å². The van der Waals surface area contributed by atoms with E-state index < -0.39 is 6.10 Å². The van der Waals surface area contributed by atoms with Gasteiger partial charge in [-0.3, -0.25) is 5.10 Å². The van der Waals surface area contributed by atoms with Crippen LogP contribution in [0.5, 0.6) is 11.5 Å². The molecule has 0 aliphatic heterocycles. The zero-order valence-corrected chi connectivity index (χ0v) is 15.1. The average Bonchev–Trinajstić information content (AvgIpc) is 3.17. The number of H-pyrrole nitrogens is 1. The molecule has 0 amide bonds. The summed E-state index contributed by atoms with van der Waals surface area (Å²) in [6, 6.07) is 16.9. The fourth-order valence-electron chi connectivity index (χ4n) is 2.30. The monoisotopic (exact) mass is 355 g/mol. The van der Waals surface area contributed by atoms with E-state index in [-0.39, 0.29) is 0 Å². The Labute approximate surface area is 153 Å². The molecule has 0 spiro atoms. The van der Waals surface area contributed by atoms with Crippen LogP contribution in [0.4, 0.5) is 0 Å². The molecule has 1 heterocycles. The number of hydrogen-bond acceptors (Lipinski definition) is 5. The lowest BCUT2D eigenvalue weighted by Gasteiger charge is -2.15. The Morgan fingerprint density at radius 2 is 1.69 bits per heavy atom. The summed E-state index contributed by atoms with van der Waals surface area (Å²) in [4.78, 5) is 0. The molecule has 3 aromatic rings. The molecular weight excluding hydrogens is 330 g/mol. The number of aliphatic hydroxyl groups excluding tert-OH is 1. The second-order valence-electron chi connectivity index (χ2n) is 5.42. The maximum atomic E-state index is 10.4. The molecule has 6 nitrogen and oxygen atoms in total. The molecule has 0 fully saturated rings. The topological polar surface area (TPSA) is 80.3 Å². The maximum absolute atomic E-state index is 10.4. The van der Waals surface area contributed by atoms with E-state index in [0.717, 1.165) is 24.5 Å². The first-order valence-corrected chi connectivity index (χ1v) is 8.67. The summed E-state index contributed by atoms with van der Waals surface area (Å²) in [6.07, 6.45) is 1.35. The van der Waals surface area contributed by atoms with Crippen molar-refractivity contribution in [3.05, 3.63) is 72.1 Å². The van der Waals surface area contributed by atoms with E-state index in [1.54, 1.807) is 6.20 Å². The van der Waals surface area contributed by atoms with Crippen LogP contribution in [0.2, 0.25) is 0 Å². The maximum Gasteiger partial charge on any atom is 0.133 e. The standard InChI is InChI=1S/C16H15N3O2.C4H10O/c20-15(10-12-11-17-19-18-12)14-8-4-5-9-16(14)21-13-6-2-1-3-7-13;1-3-5-4-2/h1-9,11,15,20H,10H2,(H,17,18,19);3-4H2,1-2H3. The van der Waals surface area contributed by atoms with E-state index in [2.05, 4.69) is 15.4 Å². The van der Waals surface area contributed by atoms with Crippen LogP contribution in [-0.2, 0) is 11.2 Å². The molecule has 2 aromatic carbocycles. The Bertz CT molecular complexity index is 731. The fourth-order valence-corrected chi connectivity index (χ4v) is 2.30. The predicted molar refractivity (Wildman–Crippen MR) is 100 cm³/mol. The van der Waals surface area contributed by atoms with Crippen molar-refractivity contribution in [2.75, 3.05) is 13.2 Å². The van der Waals surface area contributed by atoms with Gasteiger partial charge in [0.25, 0.3) is 0 Å². The molecule has 0 saturated carbocycles. The highest BCUT2D eigenvalue weighted by molar-refractivity contribution is 5.39. The highest BCUT2D eigenvalue weighted by Crippen LogP contribution is 2.30. The van der Waals surface area contributed by atoms with E-state index in [0.29, 0.717) is 17.9 Å². The summed E-state index contributed by atoms with van der Waals surface area (Å²) in [5.41, 5.74) is 1.43. The Hall–Kier alpha value is -2.70. The van der Waals surface area contributed by atoms with Gasteiger partial charge in [0.1, 0.15) is 11.5 Å². The van der Waals surface area contributed by atoms with Crippen LogP contribution in [0, 0.1) is 0 Å². The van der Waals surface area contributed by atoms with Crippen molar-refractivity contribution in [3.8, 4) is 11.5 Å². The van der Waals surface area contributed by atoms with Gasteiger partial charge in [-0.2, -0.15) is 0 Å². The fraction of sp³-hybridized carbons (Fsp3) is 0.300. The van der Waals surface area contributed by atoms with Crippen LogP contribution in [0.3, 0.4) is 0 Å². The van der Waals surface area contributed by atoms with Crippen LogP contribution in [-0.4, -0.2) is 33.7 Å². The first-order chi connectivity index (χ1) is 12.7. The number of rotatable bonds is 7. The third-order valence-electron chi connectivity index (χ3n) is 3.53. The number of hydrogen-bond donors (Lipinski definition) is 2. The van der Waals surface area contributed by atoms with Gasteiger partial charge in [-0.15, -0.1) is 5.10 Å². The smallest absolute Gasteiger partial charge is 0.133 e. The zero-order valence-electron chi connectivity index (χ0n) is 15.1. The lowest BCUT2D eigenvalue weighted by molar-refractivity contribution is 0.162. The summed E-state index contributed by atoms with van der Waals surface area (Å²) in [5, 5.41) is 20.6. The van der Waals surface area contributed by atoms with Gasteiger partial charge >= 0.3 is 0 Å². The zero-order chi connectivity index (χ0) is 18.6. The van der Waals surface area contributed by atoms with Gasteiger partial charge in [-0.25, -0.2) is 0 Å². The van der Waals surface area contributed by atoms with Gasteiger partial charge in [0.15, 0.2) is 0 Å². The molecule has 2 N–H and O–H groups in total. The number of aromatic amines is 1. The molecule has 0 radical (unpaired) electrons. The molecule has 0 aliphatic carbocycles. The van der Waals surface area contributed by atoms with Gasteiger partial charge in [0.2, 0.25) is 0 Å². The first kappa shape index (κ1) is 19.6. The minimum atomic E-state index is -0.699. The Morgan fingerprint density at radius 1 is 1.00 bits per heavy atom. The lowest BCUT2D eigenvalue weighted by atomic mass is 10.0. The molecule has 1 aromatic heterocycles. The number of nitrogens with zero attached hydrogens (tertiary/aromatic N) is 2. The molecule has 0 aliphatic rings. The normalized spacial score (nSPS) is 11.3. The van der Waals surface area contributed by atoms with E-state index in [9.17, 15) is 5.11 Å². The number of ether oxygens (including phenoxy) is 2. The Morgan fingerprint density at radius 3 is 2.31 bits per heavy atom. The van der Waals surface area contributed by atoms with Crippen LogP contribution >= 0.6 is 0 Å². The molecule has 1 unspecified atom stereocenters. The van der Waals surface area contributed by atoms with Crippen molar-refractivity contribution >= 4 is 0 Å². The summed E-state index contributed by atoms with van der Waals surface area (Å²) < 4.78 is 10.7. The molecular formula is C20H25N3O3. The molecule has 1 atom stereocenters. The van der Waals surface area contributed by atoms with Crippen molar-refractivity contribution in [1.29, 1.82) is 0 Å². The van der Waals surface area contributed by atoms with Crippen molar-refractivity contribution in [2.24, 2.45) is 0 Å².